The van der Waals surface area contributed by atoms with E-state index < -0.39 is 6.61 Å². The van der Waals surface area contributed by atoms with Crippen molar-refractivity contribution >= 4 is 11.5 Å². The Morgan fingerprint density at radius 3 is 2.79 bits per heavy atom. The van der Waals surface area contributed by atoms with Gasteiger partial charge in [-0.1, -0.05) is 6.07 Å². The van der Waals surface area contributed by atoms with Gasteiger partial charge in [-0.05, 0) is 40.3 Å². The largest absolute Gasteiger partial charge is 0.493 e. The molecule has 0 unspecified atom stereocenters. The number of rotatable bonds is 6. The highest BCUT2D eigenvalue weighted by molar-refractivity contribution is 5.47. The van der Waals surface area contributed by atoms with Crippen LogP contribution in [0.4, 0.5) is 14.6 Å². The normalized spacial score (nSPS) is 11.0. The van der Waals surface area contributed by atoms with Crippen molar-refractivity contribution < 1.29 is 18.3 Å². The van der Waals surface area contributed by atoms with E-state index in [9.17, 15) is 8.78 Å². The topological polar surface area (TPSA) is 77.7 Å². The molecule has 0 spiro atoms. The molecule has 0 bridgehead atoms. The Balaban J connectivity index is 1.79. The Kier molecular flexibility index (Phi) is 4.36. The van der Waals surface area contributed by atoms with Crippen molar-refractivity contribution in [3.05, 3.63) is 35.9 Å². The highest BCUT2D eigenvalue weighted by atomic mass is 19.3. The predicted octanol–water partition coefficient (Wildman–Crippen LogP) is 1.77. The van der Waals surface area contributed by atoms with Crippen LogP contribution in [0.2, 0.25) is 0 Å². The summed E-state index contributed by atoms with van der Waals surface area (Å²) < 4.78 is 35.5. The maximum atomic E-state index is 12.4. The van der Waals surface area contributed by atoms with Crippen LogP contribution in [0.3, 0.4) is 0 Å². The number of methoxy groups -OCH3 is 1. The van der Waals surface area contributed by atoms with Gasteiger partial charge in [-0.3, -0.25) is 0 Å². The van der Waals surface area contributed by atoms with Gasteiger partial charge >= 0.3 is 6.61 Å². The monoisotopic (exact) mass is 336 g/mol. The van der Waals surface area contributed by atoms with E-state index in [0.717, 1.165) is 5.56 Å². The molecule has 8 nitrogen and oxygen atoms in total. The Morgan fingerprint density at radius 2 is 2.04 bits per heavy atom. The molecular weight excluding hydrogens is 322 g/mol. The third-order valence-corrected chi connectivity index (χ3v) is 3.31. The first-order valence-electron chi connectivity index (χ1n) is 6.95. The summed E-state index contributed by atoms with van der Waals surface area (Å²) >= 11 is 0. The van der Waals surface area contributed by atoms with E-state index in [4.69, 9.17) is 4.74 Å². The van der Waals surface area contributed by atoms with Gasteiger partial charge in [0.1, 0.15) is 0 Å². The Hall–Kier alpha value is -3.04. The summed E-state index contributed by atoms with van der Waals surface area (Å²) in [4.78, 5) is 1.86. The molecule has 2 aromatic heterocycles. The number of ether oxygens (including phenoxy) is 2. The first kappa shape index (κ1) is 15.8. The molecule has 0 atom stereocenters. The molecule has 3 rings (SSSR count). The van der Waals surface area contributed by atoms with Crippen molar-refractivity contribution in [2.45, 2.75) is 13.2 Å². The number of nitrogens with zero attached hydrogens (tertiary/aromatic N) is 6. The quantitative estimate of drug-likeness (QED) is 0.679. The summed E-state index contributed by atoms with van der Waals surface area (Å²) in [5.41, 5.74) is 1.39. The first-order chi connectivity index (χ1) is 11.6. The second kappa shape index (κ2) is 6.60. The lowest BCUT2D eigenvalue weighted by atomic mass is 10.2. The van der Waals surface area contributed by atoms with E-state index in [1.165, 1.54) is 17.8 Å². The summed E-state index contributed by atoms with van der Waals surface area (Å²) in [7, 11) is 3.24. The van der Waals surface area contributed by atoms with Crippen LogP contribution in [-0.2, 0) is 6.54 Å². The number of hydrogen-bond donors (Lipinski definition) is 0. The van der Waals surface area contributed by atoms with Gasteiger partial charge in [0.2, 0.25) is 0 Å². The van der Waals surface area contributed by atoms with Gasteiger partial charge in [-0.2, -0.15) is 8.78 Å². The van der Waals surface area contributed by atoms with Gasteiger partial charge in [0.15, 0.2) is 23.0 Å². The molecule has 0 aliphatic heterocycles. The molecule has 2 heterocycles. The number of halogens is 2. The Labute approximate surface area is 135 Å². The molecule has 0 N–H and O–H groups in total. The molecule has 126 valence electrons. The van der Waals surface area contributed by atoms with Crippen LogP contribution < -0.4 is 14.4 Å². The fourth-order valence-electron chi connectivity index (χ4n) is 2.20. The van der Waals surface area contributed by atoms with Crippen molar-refractivity contribution in [3.8, 4) is 11.5 Å². The third-order valence-electron chi connectivity index (χ3n) is 3.31. The van der Waals surface area contributed by atoms with Gasteiger partial charge in [0.05, 0.1) is 7.11 Å². The van der Waals surface area contributed by atoms with Crippen molar-refractivity contribution in [1.82, 2.24) is 25.3 Å². The van der Waals surface area contributed by atoms with Crippen molar-refractivity contribution in [2.24, 2.45) is 0 Å². The molecule has 0 radical (unpaired) electrons. The van der Waals surface area contributed by atoms with Gasteiger partial charge < -0.3 is 14.4 Å². The number of benzene rings is 1. The third kappa shape index (κ3) is 3.31. The van der Waals surface area contributed by atoms with Crippen LogP contribution in [0.25, 0.3) is 5.65 Å². The Morgan fingerprint density at radius 1 is 1.21 bits per heavy atom. The molecule has 10 heteroatoms. The van der Waals surface area contributed by atoms with Crippen LogP contribution in [-0.4, -0.2) is 46.0 Å². The SMILES string of the molecule is COc1cc(CN(C)c2ccc3nnnn3n2)ccc1OC(F)F. The molecule has 24 heavy (non-hydrogen) atoms. The van der Waals surface area contributed by atoms with Crippen LogP contribution in [0.5, 0.6) is 11.5 Å². The van der Waals surface area contributed by atoms with Gasteiger partial charge in [-0.25, -0.2) is 0 Å². The maximum Gasteiger partial charge on any atom is 0.387 e. The van der Waals surface area contributed by atoms with Gasteiger partial charge in [0.25, 0.3) is 0 Å². The minimum Gasteiger partial charge on any atom is -0.493 e. The fraction of sp³-hybridized carbons (Fsp3) is 0.286. The summed E-state index contributed by atoms with van der Waals surface area (Å²) in [6, 6.07) is 8.32. The lowest BCUT2D eigenvalue weighted by molar-refractivity contribution is -0.0512. The van der Waals surface area contributed by atoms with E-state index >= 15 is 0 Å². The highest BCUT2D eigenvalue weighted by Crippen LogP contribution is 2.30. The van der Waals surface area contributed by atoms with E-state index in [1.807, 2.05) is 11.9 Å². The van der Waals surface area contributed by atoms with Gasteiger partial charge in [0, 0.05) is 13.6 Å². The van der Waals surface area contributed by atoms with Gasteiger partial charge in [-0.15, -0.1) is 14.8 Å². The number of hydrogen-bond acceptors (Lipinski definition) is 7. The summed E-state index contributed by atoms with van der Waals surface area (Å²) in [6.07, 6.45) is 0. The predicted molar refractivity (Wildman–Crippen MR) is 80.3 cm³/mol. The van der Waals surface area contributed by atoms with Crippen molar-refractivity contribution in [3.63, 3.8) is 0 Å². The number of aromatic nitrogens is 5. The second-order valence-corrected chi connectivity index (χ2v) is 4.94. The molecule has 0 aliphatic carbocycles. The molecule has 0 saturated heterocycles. The number of tetrazole rings is 1. The Bertz CT molecular complexity index is 841. The smallest absolute Gasteiger partial charge is 0.387 e. The average Bonchev–Trinajstić information content (AvgIpc) is 3.03. The lowest BCUT2D eigenvalue weighted by Gasteiger charge is -2.19. The van der Waals surface area contributed by atoms with E-state index in [0.29, 0.717) is 18.0 Å². The minimum absolute atomic E-state index is 0.00728. The summed E-state index contributed by atoms with van der Waals surface area (Å²) in [5, 5.41) is 15.3. The van der Waals surface area contributed by atoms with Crippen LogP contribution in [0.1, 0.15) is 5.56 Å². The maximum absolute atomic E-state index is 12.4. The fourth-order valence-corrected chi connectivity index (χ4v) is 2.20. The van der Waals surface area contributed by atoms with Crippen LogP contribution in [0.15, 0.2) is 30.3 Å². The number of anilines is 1. The summed E-state index contributed by atoms with van der Waals surface area (Å²) in [5.74, 6) is 0.888. The van der Waals surface area contributed by atoms with E-state index in [-0.39, 0.29) is 11.5 Å². The lowest BCUT2D eigenvalue weighted by Crippen LogP contribution is -2.19. The van der Waals surface area contributed by atoms with E-state index in [2.05, 4.69) is 25.4 Å². The molecule has 0 fully saturated rings. The standard InChI is InChI=1S/C14H14F2N6O2/c1-21(13-6-5-12-17-19-20-22(12)18-13)8-9-3-4-10(24-14(15)16)11(7-9)23-2/h3-7,14H,8H2,1-2H3. The van der Waals surface area contributed by atoms with Crippen LogP contribution >= 0.6 is 0 Å². The zero-order chi connectivity index (χ0) is 17.1. The molecule has 3 aromatic rings. The molecular formula is C14H14F2N6O2. The molecule has 0 amide bonds. The highest BCUT2D eigenvalue weighted by Gasteiger charge is 2.13. The number of alkyl halides is 2. The summed E-state index contributed by atoms with van der Waals surface area (Å²) in [6.45, 7) is -2.42. The molecule has 0 aliphatic rings. The molecule has 0 saturated carbocycles. The average molecular weight is 336 g/mol. The number of fused-ring (bicyclic) bond motifs is 1. The zero-order valence-electron chi connectivity index (χ0n) is 12.9. The van der Waals surface area contributed by atoms with E-state index in [1.54, 1.807) is 24.3 Å². The minimum atomic E-state index is -2.90. The first-order valence-corrected chi connectivity index (χ1v) is 6.95. The van der Waals surface area contributed by atoms with Crippen molar-refractivity contribution in [2.75, 3.05) is 19.1 Å². The zero-order valence-corrected chi connectivity index (χ0v) is 12.9. The second-order valence-electron chi connectivity index (χ2n) is 4.94. The van der Waals surface area contributed by atoms with Crippen molar-refractivity contribution in [1.29, 1.82) is 0 Å². The van der Waals surface area contributed by atoms with Crippen LogP contribution in [0, 0.1) is 0 Å². The molecule has 1 aromatic carbocycles.